The van der Waals surface area contributed by atoms with E-state index in [9.17, 15) is 0 Å². The van der Waals surface area contributed by atoms with Crippen molar-refractivity contribution in [2.45, 2.75) is 6.92 Å². The number of nitrogen functional groups attached to an aromatic ring is 1. The molecule has 0 aliphatic carbocycles. The van der Waals surface area contributed by atoms with Crippen LogP contribution in [0.3, 0.4) is 0 Å². The molecule has 3 rings (SSSR count). The van der Waals surface area contributed by atoms with Gasteiger partial charge in [0, 0.05) is 18.0 Å². The molecule has 3 aromatic rings. The van der Waals surface area contributed by atoms with Crippen molar-refractivity contribution in [3.63, 3.8) is 0 Å². The van der Waals surface area contributed by atoms with E-state index < -0.39 is 0 Å². The highest BCUT2D eigenvalue weighted by Gasteiger charge is 2.10. The van der Waals surface area contributed by atoms with Crippen LogP contribution in [-0.4, -0.2) is 34.7 Å². The van der Waals surface area contributed by atoms with Crippen molar-refractivity contribution >= 4 is 5.95 Å². The zero-order chi connectivity index (χ0) is 13.2. The Morgan fingerprint density at radius 1 is 1.16 bits per heavy atom. The lowest BCUT2D eigenvalue weighted by atomic mass is 10.1. The van der Waals surface area contributed by atoms with Gasteiger partial charge < -0.3 is 5.73 Å². The number of hydrogen-bond donors (Lipinski definition) is 1. The highest BCUT2D eigenvalue weighted by atomic mass is 15.4. The maximum Gasteiger partial charge on any atom is 0.257 e. The van der Waals surface area contributed by atoms with Crippen LogP contribution in [-0.2, 0) is 0 Å². The fourth-order valence-corrected chi connectivity index (χ4v) is 1.64. The standard InChI is InChI=1S/C11H10N8/c1-7-4-13-3-2-8(7)9-16-10(12)18-11(17-9)19-6-14-5-15-19/h2-6H,1H3,(H2,12,16,17,18). The van der Waals surface area contributed by atoms with Gasteiger partial charge in [0.05, 0.1) is 0 Å². The summed E-state index contributed by atoms with van der Waals surface area (Å²) >= 11 is 0. The van der Waals surface area contributed by atoms with E-state index >= 15 is 0 Å². The molecule has 0 aliphatic rings. The van der Waals surface area contributed by atoms with Gasteiger partial charge in [0.1, 0.15) is 12.7 Å². The van der Waals surface area contributed by atoms with Crippen molar-refractivity contribution in [1.29, 1.82) is 0 Å². The summed E-state index contributed by atoms with van der Waals surface area (Å²) in [7, 11) is 0. The van der Waals surface area contributed by atoms with E-state index in [1.54, 1.807) is 12.4 Å². The zero-order valence-electron chi connectivity index (χ0n) is 10.1. The average molecular weight is 254 g/mol. The predicted octanol–water partition coefficient (Wildman–Crippen LogP) is 0.405. The Hall–Kier alpha value is -2.90. The molecule has 2 N–H and O–H groups in total. The second-order valence-electron chi connectivity index (χ2n) is 3.85. The lowest BCUT2D eigenvalue weighted by molar-refractivity contribution is 0.799. The Labute approximate surface area is 108 Å². The average Bonchev–Trinajstić information content (AvgIpc) is 2.92. The molecular formula is C11H10N8. The summed E-state index contributed by atoms with van der Waals surface area (Å²) in [5.74, 6) is 0.945. The largest absolute Gasteiger partial charge is 0.368 e. The molecule has 0 spiro atoms. The van der Waals surface area contributed by atoms with Crippen LogP contribution in [0.2, 0.25) is 0 Å². The Balaban J connectivity index is 2.16. The van der Waals surface area contributed by atoms with E-state index in [0.29, 0.717) is 11.8 Å². The Morgan fingerprint density at radius 3 is 2.79 bits per heavy atom. The van der Waals surface area contributed by atoms with E-state index in [1.807, 2.05) is 13.0 Å². The normalized spacial score (nSPS) is 10.6. The quantitative estimate of drug-likeness (QED) is 0.705. The minimum Gasteiger partial charge on any atom is -0.368 e. The van der Waals surface area contributed by atoms with Crippen molar-refractivity contribution in [3.8, 4) is 17.3 Å². The summed E-state index contributed by atoms with van der Waals surface area (Å²) in [6.45, 7) is 1.93. The van der Waals surface area contributed by atoms with Crippen LogP contribution in [0.15, 0.2) is 31.1 Å². The summed E-state index contributed by atoms with van der Waals surface area (Å²) in [4.78, 5) is 20.4. The number of aromatic nitrogens is 7. The monoisotopic (exact) mass is 254 g/mol. The maximum absolute atomic E-state index is 5.71. The van der Waals surface area contributed by atoms with Crippen LogP contribution in [0.5, 0.6) is 0 Å². The van der Waals surface area contributed by atoms with E-state index in [2.05, 4.69) is 30.0 Å². The summed E-state index contributed by atoms with van der Waals surface area (Å²) in [6, 6.07) is 1.83. The van der Waals surface area contributed by atoms with Gasteiger partial charge in [-0.1, -0.05) is 0 Å². The summed E-state index contributed by atoms with van der Waals surface area (Å²) in [5.41, 5.74) is 7.52. The predicted molar refractivity (Wildman–Crippen MR) is 67.1 cm³/mol. The molecule has 0 atom stereocenters. The third-order valence-electron chi connectivity index (χ3n) is 2.53. The van der Waals surface area contributed by atoms with Crippen molar-refractivity contribution in [1.82, 2.24) is 34.7 Å². The molecule has 94 valence electrons. The second kappa shape index (κ2) is 4.41. The number of pyridine rings is 1. The third-order valence-corrected chi connectivity index (χ3v) is 2.53. The second-order valence-corrected chi connectivity index (χ2v) is 3.85. The molecule has 3 aromatic heterocycles. The Morgan fingerprint density at radius 2 is 2.05 bits per heavy atom. The van der Waals surface area contributed by atoms with Gasteiger partial charge in [-0.15, -0.1) is 0 Å². The minimum atomic E-state index is 0.131. The highest BCUT2D eigenvalue weighted by Crippen LogP contribution is 2.19. The van der Waals surface area contributed by atoms with Crippen LogP contribution >= 0.6 is 0 Å². The maximum atomic E-state index is 5.71. The minimum absolute atomic E-state index is 0.131. The molecule has 0 saturated carbocycles. The number of nitrogens with two attached hydrogens (primary N) is 1. The molecule has 19 heavy (non-hydrogen) atoms. The molecule has 0 aromatic carbocycles. The number of nitrogens with zero attached hydrogens (tertiary/aromatic N) is 7. The fourth-order valence-electron chi connectivity index (χ4n) is 1.64. The molecule has 3 heterocycles. The number of rotatable bonds is 2. The van der Waals surface area contributed by atoms with Crippen LogP contribution in [0.25, 0.3) is 17.3 Å². The molecule has 0 unspecified atom stereocenters. The lowest BCUT2D eigenvalue weighted by Gasteiger charge is -2.06. The van der Waals surface area contributed by atoms with Gasteiger partial charge in [0.2, 0.25) is 5.95 Å². The van der Waals surface area contributed by atoms with Gasteiger partial charge in [0.15, 0.2) is 5.82 Å². The van der Waals surface area contributed by atoms with Crippen LogP contribution in [0, 0.1) is 6.92 Å². The van der Waals surface area contributed by atoms with Crippen molar-refractivity contribution in [3.05, 3.63) is 36.7 Å². The number of hydrogen-bond acceptors (Lipinski definition) is 7. The van der Waals surface area contributed by atoms with Gasteiger partial charge in [-0.25, -0.2) is 4.98 Å². The molecule has 0 bridgehead atoms. The first kappa shape index (κ1) is 11.2. The van der Waals surface area contributed by atoms with Crippen molar-refractivity contribution in [2.75, 3.05) is 5.73 Å². The molecule has 0 amide bonds. The first-order chi connectivity index (χ1) is 9.24. The van der Waals surface area contributed by atoms with Gasteiger partial charge in [0.25, 0.3) is 5.95 Å². The number of anilines is 1. The molecule has 0 saturated heterocycles. The van der Waals surface area contributed by atoms with Crippen LogP contribution < -0.4 is 5.73 Å². The Bertz CT molecular complexity index is 706. The van der Waals surface area contributed by atoms with Gasteiger partial charge in [-0.3, -0.25) is 4.98 Å². The molecular weight excluding hydrogens is 244 g/mol. The molecule has 8 nitrogen and oxygen atoms in total. The zero-order valence-corrected chi connectivity index (χ0v) is 10.1. The fraction of sp³-hybridized carbons (Fsp3) is 0.0909. The third kappa shape index (κ3) is 2.10. The SMILES string of the molecule is Cc1cnccc1-c1nc(N)nc(-n2cncn2)n1. The first-order valence-corrected chi connectivity index (χ1v) is 5.51. The van der Waals surface area contributed by atoms with E-state index in [1.165, 1.54) is 17.3 Å². The molecule has 0 radical (unpaired) electrons. The summed E-state index contributed by atoms with van der Waals surface area (Å²) in [6.07, 6.45) is 6.32. The topological polar surface area (TPSA) is 108 Å². The molecule has 0 aliphatic heterocycles. The lowest BCUT2D eigenvalue weighted by Crippen LogP contribution is -2.08. The van der Waals surface area contributed by atoms with Gasteiger partial charge in [-0.05, 0) is 18.6 Å². The van der Waals surface area contributed by atoms with Gasteiger partial charge >= 0.3 is 0 Å². The number of aryl methyl sites for hydroxylation is 1. The van der Waals surface area contributed by atoms with Crippen molar-refractivity contribution in [2.24, 2.45) is 0 Å². The Kier molecular flexibility index (Phi) is 2.60. The van der Waals surface area contributed by atoms with E-state index in [0.717, 1.165) is 11.1 Å². The van der Waals surface area contributed by atoms with Crippen LogP contribution in [0.1, 0.15) is 5.56 Å². The summed E-state index contributed by atoms with van der Waals surface area (Å²) < 4.78 is 1.43. The molecule has 0 fully saturated rings. The molecule has 8 heteroatoms. The van der Waals surface area contributed by atoms with Gasteiger partial charge in [-0.2, -0.15) is 24.7 Å². The van der Waals surface area contributed by atoms with E-state index in [4.69, 9.17) is 5.73 Å². The highest BCUT2D eigenvalue weighted by molar-refractivity contribution is 5.60. The van der Waals surface area contributed by atoms with E-state index in [-0.39, 0.29) is 5.95 Å². The summed E-state index contributed by atoms with van der Waals surface area (Å²) in [5, 5.41) is 3.97. The van der Waals surface area contributed by atoms with Crippen molar-refractivity contribution < 1.29 is 0 Å². The smallest absolute Gasteiger partial charge is 0.257 e. The first-order valence-electron chi connectivity index (χ1n) is 5.51. The van der Waals surface area contributed by atoms with Crippen LogP contribution in [0.4, 0.5) is 5.95 Å².